The first-order valence-electron chi connectivity index (χ1n) is 8.68. The lowest BCUT2D eigenvalue weighted by Gasteiger charge is -2.37. The van der Waals surface area contributed by atoms with Crippen LogP contribution in [0.1, 0.15) is 17.2 Å². The van der Waals surface area contributed by atoms with Gasteiger partial charge in [0.25, 0.3) is 0 Å². The molecular weight excluding hydrogens is 335 g/mol. The van der Waals surface area contributed by atoms with Crippen LogP contribution < -0.4 is 19.5 Å². The van der Waals surface area contributed by atoms with Gasteiger partial charge in [0.15, 0.2) is 0 Å². The Balaban J connectivity index is 2.22. The molecule has 1 atom stereocenters. The van der Waals surface area contributed by atoms with Crippen molar-refractivity contribution < 1.29 is 18.6 Å². The van der Waals surface area contributed by atoms with Gasteiger partial charge < -0.3 is 19.5 Å². The number of methoxy groups -OCH3 is 3. The maximum Gasteiger partial charge on any atom is 0.127 e. The van der Waals surface area contributed by atoms with Gasteiger partial charge in [0.2, 0.25) is 0 Å². The zero-order valence-corrected chi connectivity index (χ0v) is 15.4. The normalized spacial score (nSPS) is 16.2. The van der Waals surface area contributed by atoms with Crippen molar-refractivity contribution in [2.75, 3.05) is 47.5 Å². The molecule has 2 aromatic carbocycles. The molecular formula is C20H25FN2O3. The van der Waals surface area contributed by atoms with E-state index in [9.17, 15) is 4.39 Å². The average molecular weight is 360 g/mol. The van der Waals surface area contributed by atoms with Crippen molar-refractivity contribution in [1.29, 1.82) is 0 Å². The van der Waals surface area contributed by atoms with Crippen molar-refractivity contribution in [2.24, 2.45) is 0 Å². The van der Waals surface area contributed by atoms with Gasteiger partial charge >= 0.3 is 0 Å². The van der Waals surface area contributed by atoms with Gasteiger partial charge in [-0.05, 0) is 30.3 Å². The highest BCUT2D eigenvalue weighted by molar-refractivity contribution is 5.53. The van der Waals surface area contributed by atoms with Gasteiger partial charge in [-0.25, -0.2) is 4.39 Å². The molecule has 0 aliphatic carbocycles. The van der Waals surface area contributed by atoms with Crippen LogP contribution in [-0.4, -0.2) is 52.4 Å². The Morgan fingerprint density at radius 3 is 2.12 bits per heavy atom. The summed E-state index contributed by atoms with van der Waals surface area (Å²) in [6.07, 6.45) is 0. The maximum atomic E-state index is 14.1. The Kier molecular flexibility index (Phi) is 5.96. The molecule has 140 valence electrons. The summed E-state index contributed by atoms with van der Waals surface area (Å²) in [4.78, 5) is 2.30. The van der Waals surface area contributed by atoms with Crippen molar-refractivity contribution in [3.63, 3.8) is 0 Å². The van der Waals surface area contributed by atoms with E-state index in [1.165, 1.54) is 12.1 Å². The van der Waals surface area contributed by atoms with Gasteiger partial charge in [-0.3, -0.25) is 4.90 Å². The molecule has 1 fully saturated rings. The van der Waals surface area contributed by atoms with Crippen molar-refractivity contribution >= 4 is 0 Å². The summed E-state index contributed by atoms with van der Waals surface area (Å²) in [5.74, 6) is 1.76. The molecule has 0 bridgehead atoms. The van der Waals surface area contributed by atoms with E-state index in [4.69, 9.17) is 14.2 Å². The first-order valence-corrected chi connectivity index (χ1v) is 8.68. The van der Waals surface area contributed by atoms with E-state index in [0.29, 0.717) is 17.2 Å². The summed E-state index contributed by atoms with van der Waals surface area (Å²) >= 11 is 0. The van der Waals surface area contributed by atoms with Gasteiger partial charge in [0.1, 0.15) is 23.1 Å². The average Bonchev–Trinajstić information content (AvgIpc) is 2.69. The maximum absolute atomic E-state index is 14.1. The summed E-state index contributed by atoms with van der Waals surface area (Å²) in [5, 5.41) is 3.36. The molecule has 1 N–H and O–H groups in total. The monoisotopic (exact) mass is 360 g/mol. The van der Waals surface area contributed by atoms with E-state index in [1.54, 1.807) is 27.4 Å². The molecule has 0 saturated carbocycles. The number of hydrogen-bond donors (Lipinski definition) is 1. The van der Waals surface area contributed by atoms with Crippen LogP contribution in [-0.2, 0) is 0 Å². The summed E-state index contributed by atoms with van der Waals surface area (Å²) in [5.41, 5.74) is 1.64. The van der Waals surface area contributed by atoms with E-state index in [-0.39, 0.29) is 11.9 Å². The van der Waals surface area contributed by atoms with Crippen LogP contribution in [0.2, 0.25) is 0 Å². The van der Waals surface area contributed by atoms with Gasteiger partial charge in [-0.2, -0.15) is 0 Å². The van der Waals surface area contributed by atoms with Crippen molar-refractivity contribution in [3.05, 3.63) is 53.3 Å². The van der Waals surface area contributed by atoms with Crippen LogP contribution in [0.5, 0.6) is 17.2 Å². The third-order valence-electron chi connectivity index (χ3n) is 4.74. The predicted molar refractivity (Wildman–Crippen MR) is 98.8 cm³/mol. The fourth-order valence-electron chi connectivity index (χ4n) is 3.54. The lowest BCUT2D eigenvalue weighted by Crippen LogP contribution is -2.45. The molecule has 0 aromatic heterocycles. The molecule has 3 rings (SSSR count). The van der Waals surface area contributed by atoms with Crippen molar-refractivity contribution in [1.82, 2.24) is 10.2 Å². The Labute approximate surface area is 153 Å². The summed E-state index contributed by atoms with van der Waals surface area (Å²) < 4.78 is 30.9. The predicted octanol–water partition coefficient (Wildman–Crippen LogP) is 2.85. The van der Waals surface area contributed by atoms with Crippen molar-refractivity contribution in [3.8, 4) is 17.2 Å². The minimum Gasteiger partial charge on any atom is -0.496 e. The number of halogens is 1. The number of piperazine rings is 1. The van der Waals surface area contributed by atoms with Crippen molar-refractivity contribution in [2.45, 2.75) is 6.04 Å². The number of nitrogens with zero attached hydrogens (tertiary/aromatic N) is 1. The molecule has 0 radical (unpaired) electrons. The highest BCUT2D eigenvalue weighted by Gasteiger charge is 2.31. The fourth-order valence-corrected chi connectivity index (χ4v) is 3.54. The Hall–Kier alpha value is -2.31. The highest BCUT2D eigenvalue weighted by atomic mass is 19.1. The van der Waals surface area contributed by atoms with E-state index >= 15 is 0 Å². The van der Waals surface area contributed by atoms with Crippen LogP contribution >= 0.6 is 0 Å². The molecule has 1 saturated heterocycles. The van der Waals surface area contributed by atoms with E-state index in [2.05, 4.69) is 10.2 Å². The number of ether oxygens (including phenoxy) is 3. The van der Waals surface area contributed by atoms with Crippen LogP contribution in [0.25, 0.3) is 0 Å². The Morgan fingerprint density at radius 2 is 1.54 bits per heavy atom. The minimum atomic E-state index is -0.296. The second-order valence-electron chi connectivity index (χ2n) is 6.15. The number of rotatable bonds is 6. The van der Waals surface area contributed by atoms with Crippen LogP contribution in [0.4, 0.5) is 4.39 Å². The van der Waals surface area contributed by atoms with E-state index in [1.807, 2.05) is 18.2 Å². The second-order valence-corrected chi connectivity index (χ2v) is 6.15. The van der Waals surface area contributed by atoms with Gasteiger partial charge in [-0.15, -0.1) is 0 Å². The molecule has 1 heterocycles. The third kappa shape index (κ3) is 3.61. The van der Waals surface area contributed by atoms with Crippen LogP contribution in [0.15, 0.2) is 36.4 Å². The molecule has 1 unspecified atom stereocenters. The lowest BCUT2D eigenvalue weighted by atomic mass is 9.93. The molecule has 0 amide bonds. The van der Waals surface area contributed by atoms with Crippen LogP contribution in [0.3, 0.4) is 0 Å². The minimum absolute atomic E-state index is 0.242. The first kappa shape index (κ1) is 18.5. The van der Waals surface area contributed by atoms with E-state index in [0.717, 1.165) is 37.3 Å². The summed E-state index contributed by atoms with van der Waals surface area (Å²) in [6.45, 7) is 3.38. The second kappa shape index (κ2) is 8.38. The topological polar surface area (TPSA) is 43.0 Å². The SMILES string of the molecule is COc1ccc(F)cc1C(c1c(OC)cccc1OC)N1CCNCC1. The molecule has 5 nitrogen and oxygen atoms in total. The number of hydrogen-bond acceptors (Lipinski definition) is 5. The van der Waals surface area contributed by atoms with E-state index < -0.39 is 0 Å². The van der Waals surface area contributed by atoms with Gasteiger partial charge in [-0.1, -0.05) is 6.07 Å². The quantitative estimate of drug-likeness (QED) is 0.858. The molecule has 6 heteroatoms. The van der Waals surface area contributed by atoms with Crippen LogP contribution in [0, 0.1) is 5.82 Å². The lowest BCUT2D eigenvalue weighted by molar-refractivity contribution is 0.189. The molecule has 2 aromatic rings. The number of benzene rings is 2. The third-order valence-corrected chi connectivity index (χ3v) is 4.74. The largest absolute Gasteiger partial charge is 0.496 e. The highest BCUT2D eigenvalue weighted by Crippen LogP contribution is 2.43. The zero-order chi connectivity index (χ0) is 18.5. The zero-order valence-electron chi connectivity index (χ0n) is 15.4. The Morgan fingerprint density at radius 1 is 0.923 bits per heavy atom. The Bertz CT molecular complexity index is 726. The molecule has 1 aliphatic heterocycles. The number of nitrogens with one attached hydrogen (secondary N) is 1. The molecule has 26 heavy (non-hydrogen) atoms. The molecule has 1 aliphatic rings. The van der Waals surface area contributed by atoms with Gasteiger partial charge in [0, 0.05) is 31.7 Å². The molecule has 0 spiro atoms. The van der Waals surface area contributed by atoms with Gasteiger partial charge in [0.05, 0.1) is 32.9 Å². The summed E-state index contributed by atoms with van der Waals surface area (Å²) in [7, 11) is 4.87. The first-order chi connectivity index (χ1) is 12.7. The smallest absolute Gasteiger partial charge is 0.127 e. The standard InChI is InChI=1S/C20H25FN2O3/c1-24-16-8-7-14(21)13-15(16)20(23-11-9-22-10-12-23)19-17(25-2)5-4-6-18(19)26-3/h4-8,13,20,22H,9-12H2,1-3H3. The summed E-state index contributed by atoms with van der Waals surface area (Å²) in [6, 6.07) is 10.1. The fraction of sp³-hybridized carbons (Fsp3) is 0.400.